The van der Waals surface area contributed by atoms with E-state index in [-0.39, 0.29) is 5.91 Å². The van der Waals surface area contributed by atoms with E-state index < -0.39 is 0 Å². The fourth-order valence-electron chi connectivity index (χ4n) is 2.66. The van der Waals surface area contributed by atoms with Gasteiger partial charge in [0.1, 0.15) is 17.2 Å². The largest absolute Gasteiger partial charge is 0.466 e. The minimum Gasteiger partial charge on any atom is -0.466 e. The van der Waals surface area contributed by atoms with Crippen LogP contribution in [0.1, 0.15) is 33.1 Å². The number of hydrogen-bond acceptors (Lipinski definition) is 2. The van der Waals surface area contributed by atoms with E-state index in [0.717, 1.165) is 17.1 Å². The molecule has 0 aliphatic heterocycles. The van der Waals surface area contributed by atoms with E-state index in [1.54, 1.807) is 0 Å². The first-order chi connectivity index (χ1) is 11.1. The SMILES string of the molecule is Cc1cc(CNC(=O)c2cccn2Cc2ccccc2)c(C)o1. The van der Waals surface area contributed by atoms with E-state index in [2.05, 4.69) is 17.4 Å². The Bertz CT molecular complexity index is 800. The van der Waals surface area contributed by atoms with Gasteiger partial charge in [-0.05, 0) is 37.6 Å². The Labute approximate surface area is 135 Å². The molecule has 0 atom stereocenters. The van der Waals surface area contributed by atoms with Gasteiger partial charge >= 0.3 is 0 Å². The van der Waals surface area contributed by atoms with E-state index >= 15 is 0 Å². The molecule has 0 radical (unpaired) electrons. The molecule has 4 heteroatoms. The number of carbonyl (C=O) groups excluding carboxylic acids is 1. The summed E-state index contributed by atoms with van der Waals surface area (Å²) < 4.78 is 7.44. The second-order valence-corrected chi connectivity index (χ2v) is 5.63. The summed E-state index contributed by atoms with van der Waals surface area (Å²) in [6, 6.07) is 15.8. The Balaban J connectivity index is 1.68. The zero-order valence-electron chi connectivity index (χ0n) is 13.4. The van der Waals surface area contributed by atoms with Gasteiger partial charge in [0.05, 0.1) is 0 Å². The minimum absolute atomic E-state index is 0.0795. The Morgan fingerprint density at radius 2 is 1.91 bits per heavy atom. The van der Waals surface area contributed by atoms with Gasteiger partial charge in [-0.1, -0.05) is 30.3 Å². The van der Waals surface area contributed by atoms with Crippen molar-refractivity contribution < 1.29 is 9.21 Å². The molecule has 0 aliphatic rings. The van der Waals surface area contributed by atoms with Crippen LogP contribution in [0.15, 0.2) is 59.1 Å². The van der Waals surface area contributed by atoms with Crippen molar-refractivity contribution in [2.75, 3.05) is 0 Å². The van der Waals surface area contributed by atoms with Crippen LogP contribution in [0.2, 0.25) is 0 Å². The van der Waals surface area contributed by atoms with Crippen molar-refractivity contribution in [3.8, 4) is 0 Å². The van der Waals surface area contributed by atoms with Gasteiger partial charge in [0.15, 0.2) is 0 Å². The smallest absolute Gasteiger partial charge is 0.268 e. The van der Waals surface area contributed by atoms with Gasteiger partial charge in [-0.25, -0.2) is 0 Å². The molecule has 0 unspecified atom stereocenters. The molecular weight excluding hydrogens is 288 g/mol. The molecule has 1 N–H and O–H groups in total. The van der Waals surface area contributed by atoms with Gasteiger partial charge < -0.3 is 14.3 Å². The van der Waals surface area contributed by atoms with Gasteiger partial charge in [-0.3, -0.25) is 4.79 Å². The van der Waals surface area contributed by atoms with Crippen LogP contribution in [0.3, 0.4) is 0 Å². The van der Waals surface area contributed by atoms with Crippen molar-refractivity contribution in [2.45, 2.75) is 26.9 Å². The number of furan rings is 1. The van der Waals surface area contributed by atoms with Crippen LogP contribution < -0.4 is 5.32 Å². The molecule has 0 spiro atoms. The summed E-state index contributed by atoms with van der Waals surface area (Å²) >= 11 is 0. The molecule has 118 valence electrons. The fourth-order valence-corrected chi connectivity index (χ4v) is 2.66. The van der Waals surface area contributed by atoms with Crippen LogP contribution in [0.4, 0.5) is 0 Å². The van der Waals surface area contributed by atoms with Crippen molar-refractivity contribution >= 4 is 5.91 Å². The second kappa shape index (κ2) is 6.57. The highest BCUT2D eigenvalue weighted by Crippen LogP contribution is 2.14. The Morgan fingerprint density at radius 1 is 1.13 bits per heavy atom. The number of nitrogens with one attached hydrogen (secondary N) is 1. The highest BCUT2D eigenvalue weighted by Gasteiger charge is 2.12. The topological polar surface area (TPSA) is 47.2 Å². The Kier molecular flexibility index (Phi) is 4.33. The molecule has 2 aromatic heterocycles. The second-order valence-electron chi connectivity index (χ2n) is 5.63. The standard InChI is InChI=1S/C19H20N2O2/c1-14-11-17(15(2)23-14)12-20-19(22)18-9-6-10-21(18)13-16-7-4-3-5-8-16/h3-11H,12-13H2,1-2H3,(H,20,22). The van der Waals surface area contributed by atoms with Crippen molar-refractivity contribution in [2.24, 2.45) is 0 Å². The number of nitrogens with zero attached hydrogens (tertiary/aromatic N) is 1. The molecule has 0 aliphatic carbocycles. The molecule has 0 saturated heterocycles. The van der Waals surface area contributed by atoms with Crippen molar-refractivity contribution in [3.05, 3.63) is 83.1 Å². The quantitative estimate of drug-likeness (QED) is 0.781. The van der Waals surface area contributed by atoms with Crippen molar-refractivity contribution in [3.63, 3.8) is 0 Å². The summed E-state index contributed by atoms with van der Waals surface area (Å²) in [6.07, 6.45) is 1.93. The average Bonchev–Trinajstić information content (AvgIpc) is 3.12. The molecule has 0 saturated carbocycles. The van der Waals surface area contributed by atoms with Gasteiger partial charge in [0.2, 0.25) is 0 Å². The summed E-state index contributed by atoms with van der Waals surface area (Å²) in [5, 5.41) is 2.96. The first-order valence-electron chi connectivity index (χ1n) is 7.66. The normalized spacial score (nSPS) is 10.7. The third-order valence-corrected chi connectivity index (χ3v) is 3.84. The molecule has 1 amide bonds. The third-order valence-electron chi connectivity index (χ3n) is 3.84. The number of hydrogen-bond donors (Lipinski definition) is 1. The molecule has 0 bridgehead atoms. The van der Waals surface area contributed by atoms with Crippen LogP contribution in [0, 0.1) is 13.8 Å². The molecule has 2 heterocycles. The number of carbonyl (C=O) groups is 1. The maximum absolute atomic E-state index is 12.4. The molecule has 3 aromatic rings. The number of aryl methyl sites for hydroxylation is 2. The molecule has 4 nitrogen and oxygen atoms in total. The minimum atomic E-state index is -0.0795. The van der Waals surface area contributed by atoms with Crippen LogP contribution >= 0.6 is 0 Å². The summed E-state index contributed by atoms with van der Waals surface area (Å²) in [5.41, 5.74) is 2.84. The lowest BCUT2D eigenvalue weighted by Crippen LogP contribution is -2.25. The number of amides is 1. The van der Waals surface area contributed by atoms with Crippen LogP contribution in [-0.2, 0) is 13.1 Å². The highest BCUT2D eigenvalue weighted by molar-refractivity contribution is 5.92. The number of rotatable bonds is 5. The number of aromatic nitrogens is 1. The summed E-state index contributed by atoms with van der Waals surface area (Å²) in [4.78, 5) is 12.4. The van der Waals surface area contributed by atoms with E-state index in [0.29, 0.717) is 18.8 Å². The molecule has 3 rings (SSSR count). The van der Waals surface area contributed by atoms with Crippen LogP contribution in [0.25, 0.3) is 0 Å². The van der Waals surface area contributed by atoms with Gasteiger partial charge in [0, 0.05) is 24.8 Å². The Morgan fingerprint density at radius 3 is 2.61 bits per heavy atom. The van der Waals surface area contributed by atoms with Gasteiger partial charge in [-0.15, -0.1) is 0 Å². The molecule has 0 fully saturated rings. The maximum atomic E-state index is 12.4. The average molecular weight is 308 g/mol. The predicted octanol–water partition coefficient (Wildman–Crippen LogP) is 3.68. The van der Waals surface area contributed by atoms with E-state index in [9.17, 15) is 4.79 Å². The zero-order valence-corrected chi connectivity index (χ0v) is 13.4. The van der Waals surface area contributed by atoms with Crippen molar-refractivity contribution in [1.29, 1.82) is 0 Å². The highest BCUT2D eigenvalue weighted by atomic mass is 16.3. The number of benzene rings is 1. The zero-order chi connectivity index (χ0) is 16.2. The van der Waals surface area contributed by atoms with Crippen LogP contribution in [0.5, 0.6) is 0 Å². The lowest BCUT2D eigenvalue weighted by atomic mass is 10.2. The maximum Gasteiger partial charge on any atom is 0.268 e. The van der Waals surface area contributed by atoms with E-state index in [1.807, 2.05) is 61.0 Å². The lowest BCUT2D eigenvalue weighted by Gasteiger charge is -2.10. The first-order valence-corrected chi connectivity index (χ1v) is 7.66. The predicted molar refractivity (Wildman–Crippen MR) is 89.3 cm³/mol. The third kappa shape index (κ3) is 3.54. The molecule has 1 aromatic carbocycles. The lowest BCUT2D eigenvalue weighted by molar-refractivity contribution is 0.0942. The molecule has 23 heavy (non-hydrogen) atoms. The van der Waals surface area contributed by atoms with E-state index in [1.165, 1.54) is 5.56 Å². The van der Waals surface area contributed by atoms with E-state index in [4.69, 9.17) is 4.42 Å². The summed E-state index contributed by atoms with van der Waals surface area (Å²) in [6.45, 7) is 4.97. The summed E-state index contributed by atoms with van der Waals surface area (Å²) in [7, 11) is 0. The van der Waals surface area contributed by atoms with Gasteiger partial charge in [-0.2, -0.15) is 0 Å². The monoisotopic (exact) mass is 308 g/mol. The first kappa shape index (κ1) is 15.2. The summed E-state index contributed by atoms with van der Waals surface area (Å²) in [5.74, 6) is 1.63. The van der Waals surface area contributed by atoms with Crippen LogP contribution in [-0.4, -0.2) is 10.5 Å². The molecular formula is C19H20N2O2. The van der Waals surface area contributed by atoms with Gasteiger partial charge in [0.25, 0.3) is 5.91 Å². The Hall–Kier alpha value is -2.75. The van der Waals surface area contributed by atoms with Crippen molar-refractivity contribution in [1.82, 2.24) is 9.88 Å². The fraction of sp³-hybridized carbons (Fsp3) is 0.211.